The van der Waals surface area contributed by atoms with Crippen LogP contribution < -0.4 is 4.90 Å². The predicted molar refractivity (Wildman–Crippen MR) is 115 cm³/mol. The third-order valence-electron chi connectivity index (χ3n) is 5.60. The molecule has 1 aliphatic rings. The number of hydrogen-bond acceptors (Lipinski definition) is 3. The van der Waals surface area contributed by atoms with E-state index in [0.29, 0.717) is 18.7 Å². The Kier molecular flexibility index (Phi) is 6.27. The summed E-state index contributed by atoms with van der Waals surface area (Å²) in [5.41, 5.74) is 3.27. The van der Waals surface area contributed by atoms with Crippen molar-refractivity contribution in [2.75, 3.05) is 26.2 Å². The van der Waals surface area contributed by atoms with Gasteiger partial charge in [0.15, 0.2) is 5.78 Å². The number of piperazine rings is 1. The van der Waals surface area contributed by atoms with E-state index in [2.05, 4.69) is 45.0 Å². The monoisotopic (exact) mass is 415 g/mol. The average Bonchev–Trinajstić information content (AvgIpc) is 2.68. The normalized spacial score (nSPS) is 16.7. The van der Waals surface area contributed by atoms with Crippen LogP contribution >= 0.6 is 0 Å². The van der Waals surface area contributed by atoms with Crippen LogP contribution in [0.15, 0.2) is 53.4 Å². The molecule has 1 N–H and O–H groups in total. The Labute approximate surface area is 174 Å². The molecule has 5 nitrogen and oxygen atoms in total. The highest BCUT2D eigenvalue weighted by molar-refractivity contribution is 7.89. The molecule has 6 heteroatoms. The summed E-state index contributed by atoms with van der Waals surface area (Å²) in [4.78, 5) is 13.0. The second-order valence-corrected chi connectivity index (χ2v) is 10.8. The van der Waals surface area contributed by atoms with Crippen molar-refractivity contribution in [1.82, 2.24) is 4.31 Å². The molecule has 0 unspecified atom stereocenters. The number of carbonyl (C=O) groups is 1. The number of hydrogen-bond donors (Lipinski definition) is 1. The Hall–Kier alpha value is -2.02. The highest BCUT2D eigenvalue weighted by atomic mass is 32.2. The minimum Gasteiger partial charge on any atom is -0.329 e. The van der Waals surface area contributed by atoms with Crippen LogP contribution in [-0.4, -0.2) is 44.7 Å². The molecule has 0 saturated carbocycles. The Morgan fingerprint density at radius 3 is 2.00 bits per heavy atom. The molecule has 0 atom stereocenters. The van der Waals surface area contributed by atoms with E-state index in [4.69, 9.17) is 0 Å². The van der Waals surface area contributed by atoms with Crippen molar-refractivity contribution in [2.24, 2.45) is 0 Å². The van der Waals surface area contributed by atoms with Gasteiger partial charge in [0.2, 0.25) is 10.0 Å². The number of sulfonamides is 1. The SMILES string of the molecule is CC(=O)c1ccc(S(=O)(=O)N2CC[NH+](Cc3ccc(C(C)(C)C)cc3)CC2)cc1. The summed E-state index contributed by atoms with van der Waals surface area (Å²) in [6, 6.07) is 15.0. The second-order valence-electron chi connectivity index (χ2n) is 8.86. The molecule has 1 heterocycles. The van der Waals surface area contributed by atoms with Crippen molar-refractivity contribution in [2.45, 2.75) is 44.6 Å². The summed E-state index contributed by atoms with van der Waals surface area (Å²) in [6.07, 6.45) is 0. The van der Waals surface area contributed by atoms with Crippen LogP contribution in [0.5, 0.6) is 0 Å². The van der Waals surface area contributed by atoms with Gasteiger partial charge < -0.3 is 4.90 Å². The third kappa shape index (κ3) is 5.13. The maximum absolute atomic E-state index is 12.9. The van der Waals surface area contributed by atoms with E-state index in [9.17, 15) is 13.2 Å². The van der Waals surface area contributed by atoms with E-state index >= 15 is 0 Å². The molecule has 0 spiro atoms. The molecule has 2 aromatic carbocycles. The molecule has 1 fully saturated rings. The number of nitrogens with zero attached hydrogens (tertiary/aromatic N) is 1. The van der Waals surface area contributed by atoms with Crippen LogP contribution in [0.1, 0.15) is 49.2 Å². The number of benzene rings is 2. The molecule has 0 radical (unpaired) electrons. The lowest BCUT2D eigenvalue weighted by Crippen LogP contribution is -3.13. The minimum atomic E-state index is -3.51. The van der Waals surface area contributed by atoms with E-state index in [0.717, 1.165) is 19.6 Å². The molecular formula is C23H31N2O3S+. The molecule has 0 aliphatic carbocycles. The van der Waals surface area contributed by atoms with Gasteiger partial charge in [0.05, 0.1) is 31.1 Å². The van der Waals surface area contributed by atoms with E-state index in [1.54, 1.807) is 16.4 Å². The number of rotatable bonds is 5. The molecule has 156 valence electrons. The number of nitrogens with one attached hydrogen (secondary N) is 1. The summed E-state index contributed by atoms with van der Waals surface area (Å²) in [5.74, 6) is -0.0679. The quantitative estimate of drug-likeness (QED) is 0.763. The van der Waals surface area contributed by atoms with Gasteiger partial charge in [-0.1, -0.05) is 57.2 Å². The zero-order valence-corrected chi connectivity index (χ0v) is 18.6. The van der Waals surface area contributed by atoms with Gasteiger partial charge in [0, 0.05) is 11.1 Å². The van der Waals surface area contributed by atoms with Crippen molar-refractivity contribution in [1.29, 1.82) is 0 Å². The van der Waals surface area contributed by atoms with Crippen molar-refractivity contribution in [3.63, 3.8) is 0 Å². The summed E-state index contributed by atoms with van der Waals surface area (Å²) in [7, 11) is -3.51. The van der Waals surface area contributed by atoms with Gasteiger partial charge in [-0.25, -0.2) is 8.42 Å². The predicted octanol–water partition coefficient (Wildman–Crippen LogP) is 2.28. The topological polar surface area (TPSA) is 58.9 Å². The number of carbonyl (C=O) groups excluding carboxylic acids is 1. The van der Waals surface area contributed by atoms with Crippen molar-refractivity contribution in [3.05, 3.63) is 65.2 Å². The van der Waals surface area contributed by atoms with E-state index in [1.165, 1.54) is 35.1 Å². The Balaban J connectivity index is 1.60. The van der Waals surface area contributed by atoms with Crippen LogP contribution in [0.4, 0.5) is 0 Å². The fourth-order valence-corrected chi connectivity index (χ4v) is 5.08. The van der Waals surface area contributed by atoms with Crippen LogP contribution in [-0.2, 0) is 22.0 Å². The minimum absolute atomic E-state index is 0.0679. The number of ketones is 1. The molecule has 1 aliphatic heterocycles. The van der Waals surface area contributed by atoms with Crippen LogP contribution in [0.2, 0.25) is 0 Å². The van der Waals surface area contributed by atoms with Gasteiger partial charge in [0.1, 0.15) is 6.54 Å². The first-order valence-corrected chi connectivity index (χ1v) is 11.6. The smallest absolute Gasteiger partial charge is 0.243 e. The van der Waals surface area contributed by atoms with Gasteiger partial charge in [0.25, 0.3) is 0 Å². The maximum Gasteiger partial charge on any atom is 0.243 e. The summed E-state index contributed by atoms with van der Waals surface area (Å²) < 4.78 is 27.4. The standard InChI is InChI=1S/C23H30N2O3S/c1-18(26)20-7-11-22(12-8-20)29(27,28)25-15-13-24(14-16-25)17-19-5-9-21(10-6-19)23(2,3)4/h5-12H,13-17H2,1-4H3/p+1. The Morgan fingerprint density at radius 2 is 1.52 bits per heavy atom. The van der Waals surface area contributed by atoms with Gasteiger partial charge in [-0.2, -0.15) is 4.31 Å². The highest BCUT2D eigenvalue weighted by Crippen LogP contribution is 2.22. The van der Waals surface area contributed by atoms with Crippen molar-refractivity contribution >= 4 is 15.8 Å². The maximum atomic E-state index is 12.9. The first-order chi connectivity index (χ1) is 13.6. The number of quaternary nitrogens is 1. The first kappa shape index (κ1) is 21.7. The first-order valence-electron chi connectivity index (χ1n) is 10.1. The highest BCUT2D eigenvalue weighted by Gasteiger charge is 2.30. The van der Waals surface area contributed by atoms with Gasteiger partial charge in [-0.05, 0) is 30.0 Å². The average molecular weight is 416 g/mol. The largest absolute Gasteiger partial charge is 0.329 e. The van der Waals surface area contributed by atoms with Gasteiger partial charge in [-0.3, -0.25) is 4.79 Å². The zero-order valence-electron chi connectivity index (χ0n) is 17.7. The van der Waals surface area contributed by atoms with Crippen LogP contribution in [0.25, 0.3) is 0 Å². The zero-order chi connectivity index (χ0) is 21.2. The Bertz CT molecular complexity index is 951. The molecule has 0 bridgehead atoms. The third-order valence-corrected chi connectivity index (χ3v) is 7.52. The molecule has 0 amide bonds. The second kappa shape index (κ2) is 8.38. The molecule has 0 aromatic heterocycles. The fourth-order valence-electron chi connectivity index (χ4n) is 3.64. The lowest BCUT2D eigenvalue weighted by atomic mass is 9.87. The molecule has 2 aromatic rings. The fraction of sp³-hybridized carbons (Fsp3) is 0.435. The van der Waals surface area contributed by atoms with Crippen LogP contribution in [0.3, 0.4) is 0 Å². The lowest BCUT2D eigenvalue weighted by molar-refractivity contribution is -0.917. The molecule has 1 saturated heterocycles. The summed E-state index contributed by atoms with van der Waals surface area (Å²) >= 11 is 0. The number of Topliss-reactive ketones (excluding diaryl/α,β-unsaturated/α-hetero) is 1. The summed E-state index contributed by atoms with van der Waals surface area (Å²) in [6.45, 7) is 11.6. The van der Waals surface area contributed by atoms with Crippen molar-refractivity contribution < 1.29 is 18.1 Å². The summed E-state index contributed by atoms with van der Waals surface area (Å²) in [5, 5.41) is 0. The van der Waals surface area contributed by atoms with E-state index < -0.39 is 10.0 Å². The lowest BCUT2D eigenvalue weighted by Gasteiger charge is -2.31. The molecule has 3 rings (SSSR count). The molecule has 29 heavy (non-hydrogen) atoms. The van der Waals surface area contributed by atoms with Gasteiger partial charge in [-0.15, -0.1) is 0 Å². The van der Waals surface area contributed by atoms with Gasteiger partial charge >= 0.3 is 0 Å². The van der Waals surface area contributed by atoms with Crippen molar-refractivity contribution in [3.8, 4) is 0 Å². The molecular weight excluding hydrogens is 384 g/mol. The van der Waals surface area contributed by atoms with Crippen LogP contribution in [0, 0.1) is 0 Å². The van der Waals surface area contributed by atoms with E-state index in [1.807, 2.05) is 0 Å². The van der Waals surface area contributed by atoms with E-state index in [-0.39, 0.29) is 16.1 Å². The Morgan fingerprint density at radius 1 is 0.966 bits per heavy atom.